The summed E-state index contributed by atoms with van der Waals surface area (Å²) in [4.78, 5) is 27.2. The first-order valence-electron chi connectivity index (χ1n) is 8.72. The van der Waals surface area contributed by atoms with Crippen LogP contribution in [-0.2, 0) is 4.79 Å². The van der Waals surface area contributed by atoms with Crippen LogP contribution in [-0.4, -0.2) is 35.8 Å². The zero-order valence-electron chi connectivity index (χ0n) is 14.7. The van der Waals surface area contributed by atoms with Gasteiger partial charge in [0.25, 0.3) is 5.91 Å². The number of nitrogens with zero attached hydrogens (tertiary/aromatic N) is 1. The summed E-state index contributed by atoms with van der Waals surface area (Å²) in [7, 11) is 0. The van der Waals surface area contributed by atoms with E-state index in [-0.39, 0.29) is 11.8 Å². The smallest absolute Gasteiger partial charge is 0.251 e. The van der Waals surface area contributed by atoms with E-state index in [1.54, 1.807) is 24.3 Å². The minimum absolute atomic E-state index is 0.0397. The van der Waals surface area contributed by atoms with Crippen LogP contribution >= 0.6 is 11.6 Å². The van der Waals surface area contributed by atoms with Gasteiger partial charge >= 0.3 is 0 Å². The Balaban J connectivity index is 2.05. The van der Waals surface area contributed by atoms with Crippen LogP contribution in [0.2, 0.25) is 5.02 Å². The van der Waals surface area contributed by atoms with Gasteiger partial charge in [-0.3, -0.25) is 9.59 Å². The van der Waals surface area contributed by atoms with Crippen molar-refractivity contribution in [2.45, 2.75) is 46.1 Å². The van der Waals surface area contributed by atoms with E-state index in [1.807, 2.05) is 4.90 Å². The zero-order chi connectivity index (χ0) is 17.7. The Morgan fingerprint density at radius 1 is 1.21 bits per heavy atom. The highest BCUT2D eigenvalue weighted by Crippen LogP contribution is 2.18. The maximum absolute atomic E-state index is 12.9. The summed E-state index contributed by atoms with van der Waals surface area (Å²) in [6, 6.07) is 6.25. The lowest BCUT2D eigenvalue weighted by molar-refractivity contribution is -0.135. The van der Waals surface area contributed by atoms with Crippen LogP contribution in [0.4, 0.5) is 0 Å². The minimum atomic E-state index is -0.471. The van der Waals surface area contributed by atoms with E-state index in [9.17, 15) is 9.59 Å². The van der Waals surface area contributed by atoms with E-state index in [0.717, 1.165) is 25.9 Å². The highest BCUT2D eigenvalue weighted by atomic mass is 35.5. The van der Waals surface area contributed by atoms with Gasteiger partial charge < -0.3 is 10.2 Å². The second kappa shape index (κ2) is 8.52. The van der Waals surface area contributed by atoms with Gasteiger partial charge in [-0.15, -0.1) is 0 Å². The molecule has 1 fully saturated rings. The summed E-state index contributed by atoms with van der Waals surface area (Å²) in [5, 5.41) is 3.51. The Morgan fingerprint density at radius 2 is 1.79 bits per heavy atom. The standard InChI is InChI=1S/C19H27ClN2O2/c1-13(2)12-17(19(24)22-10-8-14(3)9-11-22)21-18(23)15-4-6-16(20)7-5-15/h4-7,13-14,17H,8-12H2,1-3H3,(H,21,23). The van der Waals surface area contributed by atoms with E-state index < -0.39 is 6.04 Å². The number of likely N-dealkylation sites (tertiary alicyclic amines) is 1. The van der Waals surface area contributed by atoms with Crippen LogP contribution in [0.3, 0.4) is 0 Å². The molecule has 24 heavy (non-hydrogen) atoms. The normalized spacial score (nSPS) is 17.0. The van der Waals surface area contributed by atoms with E-state index in [1.165, 1.54) is 0 Å². The molecule has 1 unspecified atom stereocenters. The predicted octanol–water partition coefficient (Wildman–Crippen LogP) is 3.74. The minimum Gasteiger partial charge on any atom is -0.341 e. The third-order valence-electron chi connectivity index (χ3n) is 4.51. The van der Waals surface area contributed by atoms with Crippen LogP contribution in [0.15, 0.2) is 24.3 Å². The fourth-order valence-electron chi connectivity index (χ4n) is 2.99. The summed E-state index contributed by atoms with van der Waals surface area (Å²) in [5.74, 6) is 0.809. The van der Waals surface area contributed by atoms with Crippen molar-refractivity contribution >= 4 is 23.4 Å². The zero-order valence-corrected chi connectivity index (χ0v) is 15.5. The van der Waals surface area contributed by atoms with Crippen LogP contribution in [0.5, 0.6) is 0 Å². The number of carbonyl (C=O) groups excluding carboxylic acids is 2. The van der Waals surface area contributed by atoms with Crippen molar-refractivity contribution in [1.29, 1.82) is 0 Å². The Hall–Kier alpha value is -1.55. The molecule has 0 aromatic heterocycles. The van der Waals surface area contributed by atoms with Gasteiger partial charge in [-0.2, -0.15) is 0 Å². The van der Waals surface area contributed by atoms with Crippen molar-refractivity contribution in [3.05, 3.63) is 34.9 Å². The quantitative estimate of drug-likeness (QED) is 0.879. The second-order valence-corrected chi connectivity index (χ2v) is 7.61. The number of rotatable bonds is 5. The lowest BCUT2D eigenvalue weighted by Gasteiger charge is -2.33. The number of amides is 2. The molecule has 5 heteroatoms. The summed E-state index contributed by atoms with van der Waals surface area (Å²) in [6.45, 7) is 7.91. The molecule has 1 saturated heterocycles. The Labute approximate surface area is 149 Å². The molecular weight excluding hydrogens is 324 g/mol. The SMILES string of the molecule is CC(C)CC(NC(=O)c1ccc(Cl)cc1)C(=O)N1CCC(C)CC1. The second-order valence-electron chi connectivity index (χ2n) is 7.17. The number of hydrogen-bond acceptors (Lipinski definition) is 2. The molecule has 132 valence electrons. The molecule has 2 amide bonds. The highest BCUT2D eigenvalue weighted by Gasteiger charge is 2.29. The Morgan fingerprint density at radius 3 is 2.33 bits per heavy atom. The van der Waals surface area contributed by atoms with Gasteiger partial charge in [-0.05, 0) is 55.4 Å². The van der Waals surface area contributed by atoms with Gasteiger partial charge in [-0.25, -0.2) is 0 Å². The summed E-state index contributed by atoms with van der Waals surface area (Å²) < 4.78 is 0. The number of nitrogens with one attached hydrogen (secondary N) is 1. The fourth-order valence-corrected chi connectivity index (χ4v) is 3.11. The molecule has 2 rings (SSSR count). The van der Waals surface area contributed by atoms with Crippen molar-refractivity contribution in [3.8, 4) is 0 Å². The van der Waals surface area contributed by atoms with E-state index in [4.69, 9.17) is 11.6 Å². The number of halogens is 1. The molecule has 1 N–H and O–H groups in total. The van der Waals surface area contributed by atoms with E-state index in [2.05, 4.69) is 26.1 Å². The first-order valence-corrected chi connectivity index (χ1v) is 9.10. The van der Waals surface area contributed by atoms with Crippen LogP contribution in [0, 0.1) is 11.8 Å². The molecule has 0 saturated carbocycles. The number of piperidine rings is 1. The van der Waals surface area contributed by atoms with Crippen molar-refractivity contribution in [3.63, 3.8) is 0 Å². The summed E-state index contributed by atoms with van der Waals surface area (Å²) in [6.07, 6.45) is 2.71. The third kappa shape index (κ3) is 5.23. The Bertz CT molecular complexity index is 563. The van der Waals surface area contributed by atoms with Gasteiger partial charge in [0.15, 0.2) is 0 Å². The first kappa shape index (κ1) is 18.8. The largest absolute Gasteiger partial charge is 0.341 e. The highest BCUT2D eigenvalue weighted by molar-refractivity contribution is 6.30. The van der Waals surface area contributed by atoms with Gasteiger partial charge in [0, 0.05) is 23.7 Å². The molecule has 1 aromatic rings. The molecule has 1 aliphatic heterocycles. The fraction of sp³-hybridized carbons (Fsp3) is 0.579. The average molecular weight is 351 g/mol. The monoisotopic (exact) mass is 350 g/mol. The lowest BCUT2D eigenvalue weighted by Crippen LogP contribution is -2.51. The van der Waals surface area contributed by atoms with Crippen LogP contribution in [0.1, 0.15) is 50.4 Å². The van der Waals surface area contributed by atoms with Gasteiger partial charge in [-0.1, -0.05) is 32.4 Å². The van der Waals surface area contributed by atoms with Crippen LogP contribution in [0.25, 0.3) is 0 Å². The Kier molecular flexibility index (Phi) is 6.67. The average Bonchev–Trinajstić information content (AvgIpc) is 2.54. The molecule has 0 bridgehead atoms. The molecule has 1 aromatic carbocycles. The van der Waals surface area contributed by atoms with Crippen LogP contribution < -0.4 is 5.32 Å². The number of hydrogen-bond donors (Lipinski definition) is 1. The maximum Gasteiger partial charge on any atom is 0.251 e. The third-order valence-corrected chi connectivity index (χ3v) is 4.76. The molecule has 1 heterocycles. The molecule has 0 radical (unpaired) electrons. The van der Waals surface area contributed by atoms with Crippen molar-refractivity contribution in [2.75, 3.05) is 13.1 Å². The van der Waals surface area contributed by atoms with E-state index in [0.29, 0.717) is 28.8 Å². The topological polar surface area (TPSA) is 49.4 Å². The van der Waals surface area contributed by atoms with Crippen molar-refractivity contribution in [1.82, 2.24) is 10.2 Å². The molecule has 0 spiro atoms. The number of benzene rings is 1. The predicted molar refractivity (Wildman–Crippen MR) is 97.1 cm³/mol. The van der Waals surface area contributed by atoms with Crippen molar-refractivity contribution < 1.29 is 9.59 Å². The number of carbonyl (C=O) groups is 2. The molecule has 4 nitrogen and oxygen atoms in total. The van der Waals surface area contributed by atoms with Gasteiger partial charge in [0.1, 0.15) is 6.04 Å². The van der Waals surface area contributed by atoms with Gasteiger partial charge in [0.2, 0.25) is 5.91 Å². The maximum atomic E-state index is 12.9. The summed E-state index contributed by atoms with van der Waals surface area (Å²) in [5.41, 5.74) is 0.522. The molecule has 1 atom stereocenters. The molecule has 1 aliphatic rings. The van der Waals surface area contributed by atoms with Gasteiger partial charge in [0.05, 0.1) is 0 Å². The van der Waals surface area contributed by atoms with E-state index >= 15 is 0 Å². The van der Waals surface area contributed by atoms with Crippen molar-refractivity contribution in [2.24, 2.45) is 11.8 Å². The summed E-state index contributed by atoms with van der Waals surface area (Å²) >= 11 is 5.86. The lowest BCUT2D eigenvalue weighted by atomic mass is 9.97. The first-order chi connectivity index (χ1) is 11.4. The molecule has 0 aliphatic carbocycles. The molecular formula is C19H27ClN2O2.